The first-order valence-corrected chi connectivity index (χ1v) is 6.29. The lowest BCUT2D eigenvalue weighted by Gasteiger charge is -2.12. The van der Waals surface area contributed by atoms with E-state index in [-0.39, 0.29) is 17.2 Å². The second kappa shape index (κ2) is 4.59. The Hall–Kier alpha value is -1.89. The van der Waals surface area contributed by atoms with Crippen molar-refractivity contribution in [3.8, 4) is 0 Å². The van der Waals surface area contributed by atoms with Gasteiger partial charge in [-0.25, -0.2) is 4.98 Å². The molecular weight excluding hydrogens is 271 g/mol. The van der Waals surface area contributed by atoms with E-state index in [1.165, 1.54) is 6.07 Å². The van der Waals surface area contributed by atoms with Gasteiger partial charge in [-0.05, 0) is 31.5 Å². The Kier molecular flexibility index (Phi) is 3.01. The highest BCUT2D eigenvalue weighted by Crippen LogP contribution is 2.29. The Bertz CT molecular complexity index is 702. The summed E-state index contributed by atoms with van der Waals surface area (Å²) < 4.78 is 39.2. The number of hydrogen-bond acceptors (Lipinski definition) is 3. The molecule has 1 saturated heterocycles. The highest BCUT2D eigenvalue weighted by Gasteiger charge is 2.31. The number of halogens is 3. The van der Waals surface area contributed by atoms with Crippen LogP contribution in [0.4, 0.5) is 13.2 Å². The quantitative estimate of drug-likeness (QED) is 0.872. The Balaban J connectivity index is 2.15. The summed E-state index contributed by atoms with van der Waals surface area (Å²) in [5.74, 6) is 0. The van der Waals surface area contributed by atoms with E-state index in [1.54, 1.807) is 0 Å². The van der Waals surface area contributed by atoms with Gasteiger partial charge in [-0.3, -0.25) is 9.20 Å². The van der Waals surface area contributed by atoms with Crippen molar-refractivity contribution in [1.29, 1.82) is 0 Å². The van der Waals surface area contributed by atoms with Crippen LogP contribution in [0.3, 0.4) is 0 Å². The second-order valence-electron chi connectivity index (χ2n) is 4.81. The van der Waals surface area contributed by atoms with Crippen molar-refractivity contribution < 1.29 is 13.2 Å². The lowest BCUT2D eigenvalue weighted by molar-refractivity contribution is -0.137. The van der Waals surface area contributed by atoms with Crippen LogP contribution in [0.2, 0.25) is 0 Å². The first kappa shape index (κ1) is 13.1. The highest BCUT2D eigenvalue weighted by atomic mass is 19.4. The Labute approximate surface area is 112 Å². The summed E-state index contributed by atoms with van der Waals surface area (Å²) in [4.78, 5) is 16.1. The molecule has 0 bridgehead atoms. The van der Waals surface area contributed by atoms with Gasteiger partial charge < -0.3 is 5.32 Å². The van der Waals surface area contributed by atoms with Crippen LogP contribution in [-0.4, -0.2) is 15.9 Å². The largest absolute Gasteiger partial charge is 0.416 e. The van der Waals surface area contributed by atoms with Crippen molar-refractivity contribution in [2.45, 2.75) is 25.1 Å². The van der Waals surface area contributed by atoms with Crippen LogP contribution in [0.15, 0.2) is 29.2 Å². The zero-order chi connectivity index (χ0) is 14.3. The molecule has 0 spiro atoms. The molecule has 0 saturated carbocycles. The smallest absolute Gasteiger partial charge is 0.309 e. The molecule has 106 valence electrons. The minimum absolute atomic E-state index is 0.0241. The second-order valence-corrected chi connectivity index (χ2v) is 4.81. The van der Waals surface area contributed by atoms with E-state index in [4.69, 9.17) is 0 Å². The lowest BCUT2D eigenvalue weighted by atomic mass is 10.1. The van der Waals surface area contributed by atoms with Crippen LogP contribution in [0, 0.1) is 0 Å². The molecule has 1 atom stereocenters. The molecule has 20 heavy (non-hydrogen) atoms. The van der Waals surface area contributed by atoms with E-state index >= 15 is 0 Å². The monoisotopic (exact) mass is 283 g/mol. The zero-order valence-electron chi connectivity index (χ0n) is 10.4. The van der Waals surface area contributed by atoms with Crippen molar-refractivity contribution in [3.05, 3.63) is 46.0 Å². The van der Waals surface area contributed by atoms with Crippen molar-refractivity contribution in [3.63, 3.8) is 0 Å². The zero-order valence-corrected chi connectivity index (χ0v) is 10.4. The van der Waals surface area contributed by atoms with Crippen molar-refractivity contribution >= 4 is 5.65 Å². The molecule has 7 heteroatoms. The predicted molar refractivity (Wildman–Crippen MR) is 66.4 cm³/mol. The SMILES string of the molecule is O=c1cc(C2CCCN2)nc2cc(C(F)(F)F)ccn12. The van der Waals surface area contributed by atoms with Gasteiger partial charge in [0.05, 0.1) is 11.3 Å². The fraction of sp³-hybridized carbons (Fsp3) is 0.385. The molecule has 1 unspecified atom stereocenters. The fourth-order valence-electron chi connectivity index (χ4n) is 2.41. The minimum Gasteiger partial charge on any atom is -0.309 e. The van der Waals surface area contributed by atoms with Crippen molar-refractivity contribution in [2.24, 2.45) is 0 Å². The molecule has 1 fully saturated rings. The van der Waals surface area contributed by atoms with Crippen LogP contribution in [0.5, 0.6) is 0 Å². The van der Waals surface area contributed by atoms with Gasteiger partial charge in [0.2, 0.25) is 0 Å². The molecule has 2 aromatic heterocycles. The standard InChI is InChI=1S/C13H12F3N3O/c14-13(15,16)8-3-5-19-11(6-8)18-10(7-12(19)20)9-2-1-4-17-9/h3,5-7,9,17H,1-2,4H2. The van der Waals surface area contributed by atoms with Crippen LogP contribution in [0.1, 0.15) is 30.1 Å². The van der Waals surface area contributed by atoms with Crippen LogP contribution >= 0.6 is 0 Å². The minimum atomic E-state index is -4.44. The average Bonchev–Trinajstić information content (AvgIpc) is 2.90. The molecule has 0 radical (unpaired) electrons. The normalized spacial score (nSPS) is 19.6. The van der Waals surface area contributed by atoms with E-state index in [1.807, 2.05) is 0 Å². The predicted octanol–water partition coefficient (Wildman–Crippen LogP) is 2.14. The summed E-state index contributed by atoms with van der Waals surface area (Å²) in [6, 6.07) is 3.11. The topological polar surface area (TPSA) is 46.4 Å². The molecule has 2 aromatic rings. The molecule has 1 N–H and O–H groups in total. The van der Waals surface area contributed by atoms with E-state index in [2.05, 4.69) is 10.3 Å². The molecule has 3 rings (SSSR count). The van der Waals surface area contributed by atoms with Crippen LogP contribution < -0.4 is 10.9 Å². The van der Waals surface area contributed by atoms with Crippen LogP contribution in [-0.2, 0) is 6.18 Å². The molecule has 1 aliphatic heterocycles. The maximum absolute atomic E-state index is 12.7. The first-order valence-electron chi connectivity index (χ1n) is 6.29. The summed E-state index contributed by atoms with van der Waals surface area (Å²) in [6.45, 7) is 0.828. The van der Waals surface area contributed by atoms with E-state index in [9.17, 15) is 18.0 Å². The lowest BCUT2D eigenvalue weighted by Crippen LogP contribution is -2.21. The van der Waals surface area contributed by atoms with Gasteiger partial charge >= 0.3 is 6.18 Å². The third-order valence-electron chi connectivity index (χ3n) is 3.43. The third-order valence-corrected chi connectivity index (χ3v) is 3.43. The summed E-state index contributed by atoms with van der Waals surface area (Å²) in [6.07, 6.45) is -1.53. The molecular formula is C13H12F3N3O. The van der Waals surface area contributed by atoms with E-state index in [0.29, 0.717) is 5.69 Å². The number of nitrogens with zero attached hydrogens (tertiary/aromatic N) is 2. The van der Waals surface area contributed by atoms with Crippen molar-refractivity contribution in [2.75, 3.05) is 6.54 Å². The number of alkyl halides is 3. The summed E-state index contributed by atoms with van der Waals surface area (Å²) >= 11 is 0. The Morgan fingerprint density at radius 3 is 2.80 bits per heavy atom. The molecule has 0 aromatic carbocycles. The Morgan fingerprint density at radius 1 is 1.35 bits per heavy atom. The maximum atomic E-state index is 12.7. The van der Waals surface area contributed by atoms with Gasteiger partial charge in [0.1, 0.15) is 5.65 Å². The van der Waals surface area contributed by atoms with Crippen molar-refractivity contribution in [1.82, 2.24) is 14.7 Å². The van der Waals surface area contributed by atoms with Gasteiger partial charge in [-0.2, -0.15) is 13.2 Å². The van der Waals surface area contributed by atoms with Gasteiger partial charge in [0, 0.05) is 18.3 Å². The Morgan fingerprint density at radius 2 is 2.15 bits per heavy atom. The summed E-state index contributed by atoms with van der Waals surface area (Å²) in [7, 11) is 0. The average molecular weight is 283 g/mol. The van der Waals surface area contributed by atoms with Gasteiger partial charge in [0.15, 0.2) is 0 Å². The number of rotatable bonds is 1. The molecule has 1 aliphatic rings. The third kappa shape index (κ3) is 2.29. The van der Waals surface area contributed by atoms with Gasteiger partial charge in [-0.15, -0.1) is 0 Å². The number of pyridine rings is 1. The van der Waals surface area contributed by atoms with E-state index in [0.717, 1.165) is 42.1 Å². The summed E-state index contributed by atoms with van der Waals surface area (Å²) in [5, 5.41) is 3.18. The molecule has 0 aliphatic carbocycles. The molecule has 0 amide bonds. The van der Waals surface area contributed by atoms with Crippen LogP contribution in [0.25, 0.3) is 5.65 Å². The van der Waals surface area contributed by atoms with Gasteiger partial charge in [-0.1, -0.05) is 0 Å². The number of nitrogens with one attached hydrogen (secondary N) is 1. The highest BCUT2D eigenvalue weighted by molar-refractivity contribution is 5.43. The molecule has 3 heterocycles. The van der Waals surface area contributed by atoms with E-state index < -0.39 is 11.7 Å². The number of hydrogen-bond donors (Lipinski definition) is 1. The maximum Gasteiger partial charge on any atom is 0.416 e. The summed E-state index contributed by atoms with van der Waals surface area (Å²) in [5.41, 5.74) is -0.642. The first-order chi connectivity index (χ1) is 9.45. The fourth-order valence-corrected chi connectivity index (χ4v) is 2.41. The molecule has 4 nitrogen and oxygen atoms in total. The number of aromatic nitrogens is 2. The number of fused-ring (bicyclic) bond motifs is 1. The van der Waals surface area contributed by atoms with Gasteiger partial charge in [0.25, 0.3) is 5.56 Å².